The van der Waals surface area contributed by atoms with Crippen LogP contribution in [0.15, 0.2) is 24.3 Å². The molecule has 1 N–H and O–H groups in total. The third kappa shape index (κ3) is 2.13. The summed E-state index contributed by atoms with van der Waals surface area (Å²) in [4.78, 5) is 10.7. The predicted molar refractivity (Wildman–Crippen MR) is 54.7 cm³/mol. The molecule has 1 aromatic rings. The van der Waals surface area contributed by atoms with Crippen molar-refractivity contribution in [2.45, 2.75) is 6.92 Å². The van der Waals surface area contributed by atoms with Crippen LogP contribution in [0.1, 0.15) is 22.8 Å². The number of benzene rings is 1. The van der Waals surface area contributed by atoms with E-state index in [1.54, 1.807) is 19.2 Å². The van der Waals surface area contributed by atoms with Gasteiger partial charge in [-0.1, -0.05) is 12.2 Å². The molecule has 3 heteroatoms. The van der Waals surface area contributed by atoms with E-state index in [9.17, 15) is 4.79 Å². The molecular formula is C11H12O3. The predicted octanol–water partition coefficient (Wildman–Crippen LogP) is 2.43. The van der Waals surface area contributed by atoms with Crippen molar-refractivity contribution in [3.8, 4) is 5.75 Å². The number of hydrogen-bond acceptors (Lipinski definition) is 2. The van der Waals surface area contributed by atoms with E-state index in [1.807, 2.05) is 19.1 Å². The highest BCUT2D eigenvalue weighted by Crippen LogP contribution is 2.21. The van der Waals surface area contributed by atoms with Crippen LogP contribution in [-0.2, 0) is 0 Å². The van der Waals surface area contributed by atoms with Gasteiger partial charge in [-0.25, -0.2) is 4.79 Å². The van der Waals surface area contributed by atoms with Crippen molar-refractivity contribution in [1.82, 2.24) is 0 Å². The van der Waals surface area contributed by atoms with Crippen LogP contribution in [0, 0.1) is 0 Å². The van der Waals surface area contributed by atoms with Gasteiger partial charge in [-0.15, -0.1) is 0 Å². The zero-order valence-corrected chi connectivity index (χ0v) is 8.15. The lowest BCUT2D eigenvalue weighted by Gasteiger charge is -2.05. The molecule has 0 aromatic heterocycles. The van der Waals surface area contributed by atoms with Gasteiger partial charge in [0.2, 0.25) is 0 Å². The van der Waals surface area contributed by atoms with Gasteiger partial charge in [-0.2, -0.15) is 0 Å². The Morgan fingerprint density at radius 3 is 2.71 bits per heavy atom. The summed E-state index contributed by atoms with van der Waals surface area (Å²) >= 11 is 0. The minimum absolute atomic E-state index is 0.263. The fraction of sp³-hybridized carbons (Fsp3) is 0.182. The molecule has 3 nitrogen and oxygen atoms in total. The molecule has 0 unspecified atom stereocenters. The van der Waals surface area contributed by atoms with Gasteiger partial charge in [0.25, 0.3) is 0 Å². The van der Waals surface area contributed by atoms with Crippen molar-refractivity contribution in [3.05, 3.63) is 35.4 Å². The maximum Gasteiger partial charge on any atom is 0.335 e. The van der Waals surface area contributed by atoms with Crippen molar-refractivity contribution in [2.75, 3.05) is 7.11 Å². The van der Waals surface area contributed by atoms with E-state index in [4.69, 9.17) is 9.84 Å². The Labute approximate surface area is 82.6 Å². The highest BCUT2D eigenvalue weighted by atomic mass is 16.5. The van der Waals surface area contributed by atoms with Crippen LogP contribution in [0.4, 0.5) is 0 Å². The number of methoxy groups -OCH3 is 1. The average molecular weight is 192 g/mol. The van der Waals surface area contributed by atoms with Crippen LogP contribution < -0.4 is 4.74 Å². The molecule has 1 rings (SSSR count). The van der Waals surface area contributed by atoms with E-state index in [1.165, 1.54) is 6.07 Å². The summed E-state index contributed by atoms with van der Waals surface area (Å²) in [6.07, 6.45) is 3.65. The van der Waals surface area contributed by atoms with Crippen LogP contribution in [-0.4, -0.2) is 18.2 Å². The van der Waals surface area contributed by atoms with Crippen LogP contribution in [0.25, 0.3) is 6.08 Å². The Balaban J connectivity index is 3.20. The number of hydrogen-bond donors (Lipinski definition) is 1. The topological polar surface area (TPSA) is 46.5 Å². The minimum Gasteiger partial charge on any atom is -0.496 e. The first-order valence-corrected chi connectivity index (χ1v) is 4.23. The zero-order chi connectivity index (χ0) is 10.6. The first-order valence-electron chi connectivity index (χ1n) is 4.23. The molecule has 0 heterocycles. The number of carboxylic acids is 1. The molecule has 0 aliphatic carbocycles. The monoisotopic (exact) mass is 192 g/mol. The van der Waals surface area contributed by atoms with Gasteiger partial charge in [-0.05, 0) is 25.1 Å². The number of ether oxygens (including phenoxy) is 1. The maximum atomic E-state index is 10.7. The lowest BCUT2D eigenvalue weighted by Crippen LogP contribution is -1.97. The van der Waals surface area contributed by atoms with E-state index in [-0.39, 0.29) is 5.56 Å². The summed E-state index contributed by atoms with van der Waals surface area (Å²) in [5, 5.41) is 8.78. The average Bonchev–Trinajstić information content (AvgIpc) is 2.18. The molecule has 14 heavy (non-hydrogen) atoms. The van der Waals surface area contributed by atoms with Crippen LogP contribution in [0.2, 0.25) is 0 Å². The smallest absolute Gasteiger partial charge is 0.335 e. The second-order valence-electron chi connectivity index (χ2n) is 2.76. The third-order valence-corrected chi connectivity index (χ3v) is 1.82. The SMILES string of the molecule is CC=Cc1cc(C(=O)O)ccc1OC. The number of aromatic carboxylic acids is 1. The summed E-state index contributed by atoms with van der Waals surface area (Å²) in [7, 11) is 1.56. The molecule has 0 radical (unpaired) electrons. The standard InChI is InChI=1S/C11H12O3/c1-3-4-8-7-9(11(12)13)5-6-10(8)14-2/h3-7H,1-2H3,(H,12,13). The van der Waals surface area contributed by atoms with Gasteiger partial charge in [0.15, 0.2) is 0 Å². The van der Waals surface area contributed by atoms with Crippen LogP contribution >= 0.6 is 0 Å². The molecule has 1 aromatic carbocycles. The highest BCUT2D eigenvalue weighted by molar-refractivity contribution is 5.88. The van der Waals surface area contributed by atoms with Gasteiger partial charge >= 0.3 is 5.97 Å². The minimum atomic E-state index is -0.932. The van der Waals surface area contributed by atoms with E-state index < -0.39 is 5.97 Å². The lowest BCUT2D eigenvalue weighted by molar-refractivity contribution is 0.0697. The summed E-state index contributed by atoms with van der Waals surface area (Å²) in [5.74, 6) is -0.258. The molecule has 0 saturated heterocycles. The molecule has 0 saturated carbocycles. The second-order valence-corrected chi connectivity index (χ2v) is 2.76. The molecule has 0 aliphatic rings. The Kier molecular flexibility index (Phi) is 3.29. The molecule has 0 aliphatic heterocycles. The highest BCUT2D eigenvalue weighted by Gasteiger charge is 2.06. The van der Waals surface area contributed by atoms with Crippen LogP contribution in [0.5, 0.6) is 5.75 Å². The van der Waals surface area contributed by atoms with Crippen molar-refractivity contribution in [3.63, 3.8) is 0 Å². The van der Waals surface area contributed by atoms with Gasteiger partial charge in [0.1, 0.15) is 5.75 Å². The summed E-state index contributed by atoms with van der Waals surface area (Å²) in [5.41, 5.74) is 1.04. The Bertz CT molecular complexity index is 367. The molecule has 0 atom stereocenters. The van der Waals surface area contributed by atoms with E-state index >= 15 is 0 Å². The fourth-order valence-electron chi connectivity index (χ4n) is 1.18. The Morgan fingerprint density at radius 1 is 1.50 bits per heavy atom. The van der Waals surface area contributed by atoms with Crippen molar-refractivity contribution < 1.29 is 14.6 Å². The number of carbonyl (C=O) groups is 1. The van der Waals surface area contributed by atoms with Crippen molar-refractivity contribution in [2.24, 2.45) is 0 Å². The lowest BCUT2D eigenvalue weighted by atomic mass is 10.1. The zero-order valence-electron chi connectivity index (χ0n) is 8.15. The van der Waals surface area contributed by atoms with E-state index in [2.05, 4.69) is 0 Å². The van der Waals surface area contributed by atoms with Gasteiger partial charge in [-0.3, -0.25) is 0 Å². The number of allylic oxidation sites excluding steroid dienone is 1. The molecular weight excluding hydrogens is 180 g/mol. The Morgan fingerprint density at radius 2 is 2.21 bits per heavy atom. The summed E-state index contributed by atoms with van der Waals surface area (Å²) in [6, 6.07) is 4.76. The maximum absolute atomic E-state index is 10.7. The first-order chi connectivity index (χ1) is 6.69. The molecule has 0 bridgehead atoms. The van der Waals surface area contributed by atoms with Crippen molar-refractivity contribution in [1.29, 1.82) is 0 Å². The normalized spacial score (nSPS) is 10.4. The molecule has 0 amide bonds. The Hall–Kier alpha value is -1.77. The molecule has 0 spiro atoms. The fourth-order valence-corrected chi connectivity index (χ4v) is 1.18. The second kappa shape index (κ2) is 4.46. The molecule has 0 fully saturated rings. The van der Waals surface area contributed by atoms with E-state index in [0.29, 0.717) is 5.75 Å². The summed E-state index contributed by atoms with van der Waals surface area (Å²) < 4.78 is 5.09. The largest absolute Gasteiger partial charge is 0.496 e. The van der Waals surface area contributed by atoms with Crippen molar-refractivity contribution >= 4 is 12.0 Å². The van der Waals surface area contributed by atoms with Gasteiger partial charge in [0.05, 0.1) is 12.7 Å². The van der Waals surface area contributed by atoms with E-state index in [0.717, 1.165) is 5.56 Å². The number of carboxylic acid groups (broad SMARTS) is 1. The quantitative estimate of drug-likeness (QED) is 0.800. The molecule has 74 valence electrons. The van der Waals surface area contributed by atoms with Gasteiger partial charge < -0.3 is 9.84 Å². The number of rotatable bonds is 3. The van der Waals surface area contributed by atoms with Crippen LogP contribution in [0.3, 0.4) is 0 Å². The van der Waals surface area contributed by atoms with Gasteiger partial charge in [0, 0.05) is 5.56 Å². The third-order valence-electron chi connectivity index (χ3n) is 1.82. The summed E-state index contributed by atoms with van der Waals surface area (Å²) in [6.45, 7) is 1.87. The first kappa shape index (κ1) is 10.3.